The SMILES string of the molecule is COc1ccccc1CNC(=O)CCc1nnc(SCc2cccc(C)c2)n1CC1CCCO1. The quantitative estimate of drug-likeness (QED) is 0.412. The van der Waals surface area contributed by atoms with Crippen LogP contribution in [-0.4, -0.2) is 40.5 Å². The first-order valence-electron chi connectivity index (χ1n) is 11.7. The van der Waals surface area contributed by atoms with Crippen molar-refractivity contribution in [2.24, 2.45) is 0 Å². The molecule has 0 bridgehead atoms. The maximum Gasteiger partial charge on any atom is 0.220 e. The topological polar surface area (TPSA) is 78.3 Å². The highest BCUT2D eigenvalue weighted by molar-refractivity contribution is 7.98. The molecule has 0 radical (unpaired) electrons. The van der Waals surface area contributed by atoms with E-state index in [0.717, 1.165) is 54.0 Å². The fraction of sp³-hybridized carbons (Fsp3) is 0.423. The van der Waals surface area contributed by atoms with Gasteiger partial charge < -0.3 is 19.4 Å². The number of carbonyl (C=O) groups is 1. The summed E-state index contributed by atoms with van der Waals surface area (Å²) < 4.78 is 13.4. The van der Waals surface area contributed by atoms with Crippen LogP contribution in [0, 0.1) is 6.92 Å². The van der Waals surface area contributed by atoms with Crippen molar-refractivity contribution < 1.29 is 14.3 Å². The summed E-state index contributed by atoms with van der Waals surface area (Å²) in [6, 6.07) is 16.2. The lowest BCUT2D eigenvalue weighted by Crippen LogP contribution is -2.24. The minimum absolute atomic E-state index is 0.0217. The van der Waals surface area contributed by atoms with Crippen LogP contribution in [0.5, 0.6) is 5.75 Å². The molecule has 1 unspecified atom stereocenters. The molecule has 0 aliphatic carbocycles. The third-order valence-corrected chi connectivity index (χ3v) is 6.94. The van der Waals surface area contributed by atoms with Gasteiger partial charge in [-0.25, -0.2) is 0 Å². The Labute approximate surface area is 205 Å². The summed E-state index contributed by atoms with van der Waals surface area (Å²) in [6.07, 6.45) is 3.18. The Morgan fingerprint density at radius 3 is 2.91 bits per heavy atom. The van der Waals surface area contributed by atoms with Gasteiger partial charge in [-0.2, -0.15) is 0 Å². The number of benzene rings is 2. The zero-order valence-corrected chi connectivity index (χ0v) is 20.6. The van der Waals surface area contributed by atoms with Gasteiger partial charge in [-0.15, -0.1) is 10.2 Å². The number of para-hydroxylation sites is 1. The highest BCUT2D eigenvalue weighted by Gasteiger charge is 2.21. The Morgan fingerprint density at radius 2 is 2.12 bits per heavy atom. The third-order valence-electron chi connectivity index (χ3n) is 5.90. The normalized spacial score (nSPS) is 15.4. The maximum atomic E-state index is 12.6. The molecule has 34 heavy (non-hydrogen) atoms. The van der Waals surface area contributed by atoms with E-state index in [1.54, 1.807) is 18.9 Å². The molecule has 180 valence electrons. The van der Waals surface area contributed by atoms with E-state index < -0.39 is 0 Å². The number of aromatic nitrogens is 3. The first-order chi connectivity index (χ1) is 16.6. The van der Waals surface area contributed by atoms with E-state index in [1.807, 2.05) is 24.3 Å². The predicted octanol–water partition coefficient (Wildman–Crippen LogP) is 4.32. The minimum atomic E-state index is -0.0217. The van der Waals surface area contributed by atoms with Crippen LogP contribution in [0.3, 0.4) is 0 Å². The van der Waals surface area contributed by atoms with E-state index in [0.29, 0.717) is 19.4 Å². The Hall–Kier alpha value is -2.84. The molecule has 4 rings (SSSR count). The van der Waals surface area contributed by atoms with Gasteiger partial charge in [0.15, 0.2) is 5.16 Å². The van der Waals surface area contributed by atoms with Crippen LogP contribution in [0.1, 0.15) is 41.8 Å². The lowest BCUT2D eigenvalue weighted by molar-refractivity contribution is -0.121. The number of thioether (sulfide) groups is 1. The molecule has 1 fully saturated rings. The second-order valence-corrected chi connectivity index (χ2v) is 9.45. The van der Waals surface area contributed by atoms with E-state index in [4.69, 9.17) is 9.47 Å². The molecule has 1 aromatic heterocycles. The lowest BCUT2D eigenvalue weighted by atomic mass is 10.2. The molecular weight excluding hydrogens is 448 g/mol. The molecule has 2 aromatic carbocycles. The number of methoxy groups -OCH3 is 1. The van der Waals surface area contributed by atoms with E-state index in [1.165, 1.54) is 11.1 Å². The van der Waals surface area contributed by atoms with Crippen molar-refractivity contribution in [1.29, 1.82) is 0 Å². The molecule has 0 saturated carbocycles. The number of amides is 1. The van der Waals surface area contributed by atoms with Gasteiger partial charge in [0.05, 0.1) is 19.8 Å². The summed E-state index contributed by atoms with van der Waals surface area (Å²) in [7, 11) is 1.64. The van der Waals surface area contributed by atoms with E-state index in [9.17, 15) is 4.79 Å². The highest BCUT2D eigenvalue weighted by atomic mass is 32.2. The Morgan fingerprint density at radius 1 is 1.24 bits per heavy atom. The van der Waals surface area contributed by atoms with Gasteiger partial charge in [0.25, 0.3) is 0 Å². The summed E-state index contributed by atoms with van der Waals surface area (Å²) >= 11 is 1.68. The van der Waals surface area contributed by atoms with Crippen molar-refractivity contribution in [2.45, 2.75) is 62.7 Å². The lowest BCUT2D eigenvalue weighted by Gasteiger charge is -2.15. The van der Waals surface area contributed by atoms with Crippen LogP contribution in [0.2, 0.25) is 0 Å². The van der Waals surface area contributed by atoms with Crippen LogP contribution < -0.4 is 10.1 Å². The zero-order chi connectivity index (χ0) is 23.8. The van der Waals surface area contributed by atoms with Crippen LogP contribution in [0.15, 0.2) is 53.7 Å². The van der Waals surface area contributed by atoms with Crippen molar-refractivity contribution in [2.75, 3.05) is 13.7 Å². The van der Waals surface area contributed by atoms with E-state index in [-0.39, 0.29) is 12.0 Å². The Bertz CT molecular complexity index is 1100. The van der Waals surface area contributed by atoms with E-state index >= 15 is 0 Å². The molecule has 1 atom stereocenters. The van der Waals surface area contributed by atoms with Gasteiger partial charge >= 0.3 is 0 Å². The largest absolute Gasteiger partial charge is 0.496 e. The van der Waals surface area contributed by atoms with Crippen LogP contribution in [0.4, 0.5) is 0 Å². The van der Waals surface area contributed by atoms with Crippen molar-refractivity contribution in [3.05, 3.63) is 71.0 Å². The van der Waals surface area contributed by atoms with Gasteiger partial charge in [0.2, 0.25) is 5.91 Å². The first kappa shape index (κ1) is 24.3. The summed E-state index contributed by atoms with van der Waals surface area (Å²) in [5.41, 5.74) is 3.46. The molecule has 3 aromatic rings. The number of nitrogens with one attached hydrogen (secondary N) is 1. The van der Waals surface area contributed by atoms with Gasteiger partial charge in [-0.05, 0) is 31.4 Å². The van der Waals surface area contributed by atoms with Gasteiger partial charge in [0.1, 0.15) is 11.6 Å². The monoisotopic (exact) mass is 480 g/mol. The molecule has 7 nitrogen and oxygen atoms in total. The van der Waals surface area contributed by atoms with Crippen molar-refractivity contribution >= 4 is 17.7 Å². The number of ether oxygens (including phenoxy) is 2. The van der Waals surface area contributed by atoms with Crippen LogP contribution >= 0.6 is 11.8 Å². The van der Waals surface area contributed by atoms with Crippen molar-refractivity contribution in [3.8, 4) is 5.75 Å². The fourth-order valence-electron chi connectivity index (χ4n) is 4.09. The summed E-state index contributed by atoms with van der Waals surface area (Å²) in [6.45, 7) is 4.06. The average molecular weight is 481 g/mol. The van der Waals surface area contributed by atoms with Crippen LogP contribution in [0.25, 0.3) is 0 Å². The molecule has 0 spiro atoms. The third kappa shape index (κ3) is 6.61. The Kier molecular flexibility index (Phi) is 8.60. The smallest absolute Gasteiger partial charge is 0.220 e. The molecule has 1 saturated heterocycles. The summed E-state index contributed by atoms with van der Waals surface area (Å²) in [5.74, 6) is 2.40. The zero-order valence-electron chi connectivity index (χ0n) is 19.8. The van der Waals surface area contributed by atoms with Gasteiger partial charge in [-0.1, -0.05) is 59.8 Å². The summed E-state index contributed by atoms with van der Waals surface area (Å²) in [5, 5.41) is 12.8. The number of nitrogens with zero attached hydrogens (tertiary/aromatic N) is 3. The maximum absolute atomic E-state index is 12.6. The van der Waals surface area contributed by atoms with Gasteiger partial charge in [-0.3, -0.25) is 4.79 Å². The second kappa shape index (κ2) is 12.0. The molecular formula is C26H32N4O3S. The predicted molar refractivity (Wildman–Crippen MR) is 133 cm³/mol. The number of rotatable bonds is 11. The average Bonchev–Trinajstić information content (AvgIpc) is 3.50. The standard InChI is InChI=1S/C26H32N4O3S/c1-19-7-5-8-20(15-19)18-34-26-29-28-24(30(26)17-22-10-6-14-33-22)12-13-25(31)27-16-21-9-3-4-11-23(21)32-2/h3-5,7-9,11,15,22H,6,10,12-14,16-18H2,1-2H3,(H,27,31). The second-order valence-electron chi connectivity index (χ2n) is 8.51. The Balaban J connectivity index is 1.38. The molecule has 1 N–H and O–H groups in total. The summed E-state index contributed by atoms with van der Waals surface area (Å²) in [4.78, 5) is 12.6. The molecule has 1 amide bonds. The van der Waals surface area contributed by atoms with Crippen LogP contribution in [-0.2, 0) is 34.8 Å². The number of aryl methyl sites for hydroxylation is 2. The number of hydrogen-bond acceptors (Lipinski definition) is 6. The van der Waals surface area contributed by atoms with E-state index in [2.05, 4.69) is 51.3 Å². The highest BCUT2D eigenvalue weighted by Crippen LogP contribution is 2.25. The number of carbonyl (C=O) groups excluding carboxylic acids is 1. The molecule has 2 heterocycles. The molecule has 8 heteroatoms. The molecule has 1 aliphatic rings. The minimum Gasteiger partial charge on any atom is -0.496 e. The van der Waals surface area contributed by atoms with Crippen molar-refractivity contribution in [1.82, 2.24) is 20.1 Å². The first-order valence-corrected chi connectivity index (χ1v) is 12.7. The fourth-order valence-corrected chi connectivity index (χ4v) is 5.00. The van der Waals surface area contributed by atoms with Gasteiger partial charge in [0, 0.05) is 37.3 Å². The van der Waals surface area contributed by atoms with Crippen molar-refractivity contribution in [3.63, 3.8) is 0 Å². The number of hydrogen-bond donors (Lipinski definition) is 1. The molecule has 1 aliphatic heterocycles.